The first kappa shape index (κ1) is 17.8. The van der Waals surface area contributed by atoms with Crippen molar-refractivity contribution in [1.82, 2.24) is 0 Å². The summed E-state index contributed by atoms with van der Waals surface area (Å²) < 4.78 is 0. The van der Waals surface area contributed by atoms with Gasteiger partial charge in [0.1, 0.15) is 0 Å². The third kappa shape index (κ3) is 3.20. The summed E-state index contributed by atoms with van der Waals surface area (Å²) >= 11 is 0. The van der Waals surface area contributed by atoms with Crippen LogP contribution in [0.5, 0.6) is 0 Å². The van der Waals surface area contributed by atoms with Crippen LogP contribution in [0.1, 0.15) is 73.1 Å². The summed E-state index contributed by atoms with van der Waals surface area (Å²) in [6, 6.07) is 0. The van der Waals surface area contributed by atoms with E-state index in [2.05, 4.69) is 32.9 Å². The van der Waals surface area contributed by atoms with E-state index < -0.39 is 0 Å². The van der Waals surface area contributed by atoms with E-state index in [-0.39, 0.29) is 5.41 Å². The predicted octanol–water partition coefficient (Wildman–Crippen LogP) is 5.75. The Kier molecular flexibility index (Phi) is 5.94. The van der Waals surface area contributed by atoms with Gasteiger partial charge in [-0.2, -0.15) is 0 Å². The highest BCUT2D eigenvalue weighted by atomic mass is 16.3. The zero-order chi connectivity index (χ0) is 16.3. The first-order chi connectivity index (χ1) is 10.5. The standard InChI is InChI=1S/C19H30O.C2H6/c1-13(2)14-6-8-16-15(11-14)7-9-18-17(16)5-4-10-19(18,3)12-20;1-2/h7,11,13,16-18,20H,4-6,8-10,12H2,1-3H3;1-2H3/t16-,17?,18+,19-;/m0./s1. The second-order valence-corrected chi connectivity index (χ2v) is 7.93. The minimum Gasteiger partial charge on any atom is -0.396 e. The van der Waals surface area contributed by atoms with Crippen molar-refractivity contribution >= 4 is 0 Å². The molecule has 0 spiro atoms. The summed E-state index contributed by atoms with van der Waals surface area (Å²) in [6.45, 7) is 11.3. The van der Waals surface area contributed by atoms with Gasteiger partial charge in [-0.05, 0) is 66.8 Å². The molecular formula is C21H36O. The monoisotopic (exact) mass is 304 g/mol. The zero-order valence-corrected chi connectivity index (χ0v) is 15.4. The highest BCUT2D eigenvalue weighted by molar-refractivity contribution is 5.33. The molecule has 3 rings (SSSR count). The van der Waals surface area contributed by atoms with E-state index in [4.69, 9.17) is 0 Å². The molecule has 0 radical (unpaired) electrons. The zero-order valence-electron chi connectivity index (χ0n) is 15.4. The Bertz CT molecular complexity index is 431. The second kappa shape index (κ2) is 7.34. The first-order valence-electron chi connectivity index (χ1n) is 9.56. The van der Waals surface area contributed by atoms with Crippen molar-refractivity contribution in [2.75, 3.05) is 6.61 Å². The van der Waals surface area contributed by atoms with Crippen LogP contribution in [-0.2, 0) is 0 Å². The van der Waals surface area contributed by atoms with Gasteiger partial charge in [-0.15, -0.1) is 0 Å². The maximum Gasteiger partial charge on any atom is 0.0487 e. The van der Waals surface area contributed by atoms with Gasteiger partial charge in [0, 0.05) is 6.61 Å². The summed E-state index contributed by atoms with van der Waals surface area (Å²) in [7, 11) is 0. The van der Waals surface area contributed by atoms with Gasteiger partial charge in [-0.25, -0.2) is 0 Å². The summed E-state index contributed by atoms with van der Waals surface area (Å²) in [5.74, 6) is 3.01. The van der Waals surface area contributed by atoms with Gasteiger partial charge in [-0.1, -0.05) is 58.8 Å². The molecule has 1 saturated carbocycles. The van der Waals surface area contributed by atoms with Gasteiger partial charge >= 0.3 is 0 Å². The van der Waals surface area contributed by atoms with Crippen LogP contribution in [0.25, 0.3) is 0 Å². The largest absolute Gasteiger partial charge is 0.396 e. The lowest BCUT2D eigenvalue weighted by Gasteiger charge is -2.51. The summed E-state index contributed by atoms with van der Waals surface area (Å²) in [6.07, 6.45) is 12.8. The maximum absolute atomic E-state index is 9.87. The molecule has 22 heavy (non-hydrogen) atoms. The lowest BCUT2D eigenvalue weighted by molar-refractivity contribution is -0.0162. The average molecular weight is 305 g/mol. The molecule has 1 heteroatoms. The van der Waals surface area contributed by atoms with E-state index in [9.17, 15) is 5.11 Å². The van der Waals surface area contributed by atoms with Crippen LogP contribution in [0.3, 0.4) is 0 Å². The molecule has 3 aliphatic rings. The van der Waals surface area contributed by atoms with Crippen molar-refractivity contribution in [3.8, 4) is 0 Å². The number of hydrogen-bond acceptors (Lipinski definition) is 1. The number of aliphatic hydroxyl groups excluding tert-OH is 1. The van der Waals surface area contributed by atoms with E-state index in [0.717, 1.165) is 11.8 Å². The Labute approximate surface area is 137 Å². The minimum atomic E-state index is 0.174. The highest BCUT2D eigenvalue weighted by Crippen LogP contribution is 2.54. The molecule has 0 aromatic rings. The van der Waals surface area contributed by atoms with Gasteiger partial charge in [-0.3, -0.25) is 0 Å². The van der Waals surface area contributed by atoms with Crippen LogP contribution in [-0.4, -0.2) is 11.7 Å². The molecule has 3 aliphatic carbocycles. The summed E-state index contributed by atoms with van der Waals surface area (Å²) in [5.41, 5.74) is 3.45. The van der Waals surface area contributed by atoms with Gasteiger partial charge in [0.15, 0.2) is 0 Å². The molecule has 1 fully saturated rings. The Morgan fingerprint density at radius 2 is 2.00 bits per heavy atom. The van der Waals surface area contributed by atoms with E-state index in [1.807, 2.05) is 13.8 Å². The second-order valence-electron chi connectivity index (χ2n) is 7.93. The third-order valence-electron chi connectivity index (χ3n) is 6.45. The van der Waals surface area contributed by atoms with Gasteiger partial charge in [0.2, 0.25) is 0 Å². The number of aliphatic hydroxyl groups is 1. The van der Waals surface area contributed by atoms with Crippen LogP contribution in [0, 0.1) is 29.1 Å². The molecular weight excluding hydrogens is 268 g/mol. The molecule has 0 aliphatic heterocycles. The van der Waals surface area contributed by atoms with Gasteiger partial charge < -0.3 is 5.11 Å². The van der Waals surface area contributed by atoms with E-state index in [0.29, 0.717) is 18.4 Å². The molecule has 1 unspecified atom stereocenters. The normalized spacial score (nSPS) is 37.3. The van der Waals surface area contributed by atoms with E-state index >= 15 is 0 Å². The third-order valence-corrected chi connectivity index (χ3v) is 6.45. The number of rotatable bonds is 2. The smallest absolute Gasteiger partial charge is 0.0487 e. The Morgan fingerprint density at radius 3 is 2.64 bits per heavy atom. The van der Waals surface area contributed by atoms with Crippen molar-refractivity contribution in [3.05, 3.63) is 23.3 Å². The van der Waals surface area contributed by atoms with E-state index in [1.165, 1.54) is 38.5 Å². The predicted molar refractivity (Wildman–Crippen MR) is 95.7 cm³/mol. The molecule has 0 bridgehead atoms. The molecule has 0 aromatic carbocycles. The van der Waals surface area contributed by atoms with Crippen LogP contribution >= 0.6 is 0 Å². The quantitative estimate of drug-likeness (QED) is 0.688. The molecule has 1 N–H and O–H groups in total. The fourth-order valence-electron chi connectivity index (χ4n) is 5.05. The van der Waals surface area contributed by atoms with Crippen LogP contribution in [0.15, 0.2) is 23.3 Å². The first-order valence-corrected chi connectivity index (χ1v) is 9.56. The van der Waals surface area contributed by atoms with Crippen molar-refractivity contribution in [3.63, 3.8) is 0 Å². The molecule has 126 valence electrons. The summed E-state index contributed by atoms with van der Waals surface area (Å²) in [5, 5.41) is 9.87. The molecule has 0 aromatic heterocycles. The topological polar surface area (TPSA) is 20.2 Å². The fraction of sp³-hybridized carbons (Fsp3) is 0.810. The number of fused-ring (bicyclic) bond motifs is 3. The van der Waals surface area contributed by atoms with Crippen LogP contribution < -0.4 is 0 Å². The Hall–Kier alpha value is -0.560. The lowest BCUT2D eigenvalue weighted by atomic mass is 9.54. The average Bonchev–Trinajstić information content (AvgIpc) is 2.56. The highest BCUT2D eigenvalue weighted by Gasteiger charge is 2.46. The molecule has 0 saturated heterocycles. The SMILES string of the molecule is CC.CC(C)C1=CC2=CC[C@@H]3C(CCC[C@@]3(C)CO)[C@H]2CC1. The van der Waals surface area contributed by atoms with Crippen LogP contribution in [0.2, 0.25) is 0 Å². The van der Waals surface area contributed by atoms with Crippen LogP contribution in [0.4, 0.5) is 0 Å². The minimum absolute atomic E-state index is 0.174. The number of allylic oxidation sites excluding steroid dienone is 4. The molecule has 1 nitrogen and oxygen atoms in total. The number of hydrogen-bond donors (Lipinski definition) is 1. The van der Waals surface area contributed by atoms with Gasteiger partial charge in [0.25, 0.3) is 0 Å². The summed E-state index contributed by atoms with van der Waals surface area (Å²) in [4.78, 5) is 0. The Morgan fingerprint density at radius 1 is 1.27 bits per heavy atom. The van der Waals surface area contributed by atoms with Crippen molar-refractivity contribution in [2.45, 2.75) is 73.1 Å². The molecule has 0 amide bonds. The van der Waals surface area contributed by atoms with Crippen molar-refractivity contribution in [2.24, 2.45) is 29.1 Å². The van der Waals surface area contributed by atoms with Crippen molar-refractivity contribution in [1.29, 1.82) is 0 Å². The molecule has 0 heterocycles. The van der Waals surface area contributed by atoms with Gasteiger partial charge in [0.05, 0.1) is 0 Å². The fourth-order valence-corrected chi connectivity index (χ4v) is 5.05. The van der Waals surface area contributed by atoms with Crippen molar-refractivity contribution < 1.29 is 5.11 Å². The maximum atomic E-state index is 9.87. The lowest BCUT2D eigenvalue weighted by Crippen LogP contribution is -2.44. The Balaban J connectivity index is 0.000000847. The van der Waals surface area contributed by atoms with E-state index in [1.54, 1.807) is 11.1 Å². The molecule has 4 atom stereocenters.